The van der Waals surface area contributed by atoms with Gasteiger partial charge in [0.1, 0.15) is 12.4 Å². The fraction of sp³-hybridized carbons (Fsp3) is 0.500. The molecule has 4 heteroatoms. The molecule has 0 aliphatic carbocycles. The van der Waals surface area contributed by atoms with Gasteiger partial charge in [-0.05, 0) is 38.0 Å². The van der Waals surface area contributed by atoms with Crippen LogP contribution in [0, 0.1) is 0 Å². The van der Waals surface area contributed by atoms with E-state index in [0.29, 0.717) is 12.8 Å². The number of hydrogen-bond acceptors (Lipinski definition) is 4. The molecule has 0 saturated carbocycles. The van der Waals surface area contributed by atoms with Crippen molar-refractivity contribution in [2.24, 2.45) is 5.73 Å². The van der Waals surface area contributed by atoms with E-state index in [1.165, 1.54) is 0 Å². The molecule has 0 spiro atoms. The first kappa shape index (κ1) is 14.5. The van der Waals surface area contributed by atoms with Gasteiger partial charge >= 0.3 is 5.97 Å². The summed E-state index contributed by atoms with van der Waals surface area (Å²) in [6, 6.07) is 7.43. The molecule has 0 unspecified atom stereocenters. The minimum atomic E-state index is -0.334. The molecule has 0 atom stereocenters. The molecule has 100 valence electrons. The summed E-state index contributed by atoms with van der Waals surface area (Å²) in [6.45, 7) is 4.07. The molecule has 0 bridgehead atoms. The van der Waals surface area contributed by atoms with E-state index in [1.807, 2.05) is 38.1 Å². The molecule has 0 radical (unpaired) electrons. The Morgan fingerprint density at radius 2 is 1.89 bits per heavy atom. The van der Waals surface area contributed by atoms with Crippen molar-refractivity contribution in [3.05, 3.63) is 29.8 Å². The molecule has 0 fully saturated rings. The topological polar surface area (TPSA) is 61.5 Å². The Labute approximate surface area is 108 Å². The zero-order chi connectivity index (χ0) is 13.6. The fourth-order valence-corrected chi connectivity index (χ4v) is 1.38. The van der Waals surface area contributed by atoms with E-state index in [-0.39, 0.29) is 18.1 Å². The number of carbonyl (C=O) groups is 1. The Balaban J connectivity index is 2.33. The largest absolute Gasteiger partial charge is 0.497 e. The summed E-state index contributed by atoms with van der Waals surface area (Å²) in [4.78, 5) is 11.5. The van der Waals surface area contributed by atoms with Gasteiger partial charge in [-0.2, -0.15) is 0 Å². The third-order valence-electron chi connectivity index (χ3n) is 2.53. The summed E-state index contributed by atoms with van der Waals surface area (Å²) in [5.41, 5.74) is 6.41. The number of ether oxygens (including phenoxy) is 2. The normalized spacial score (nSPS) is 11.1. The van der Waals surface area contributed by atoms with Gasteiger partial charge in [-0.1, -0.05) is 12.1 Å². The van der Waals surface area contributed by atoms with Crippen LogP contribution in [0.15, 0.2) is 24.3 Å². The first-order chi connectivity index (χ1) is 8.40. The lowest BCUT2D eigenvalue weighted by Gasteiger charge is -2.17. The van der Waals surface area contributed by atoms with Crippen molar-refractivity contribution in [1.82, 2.24) is 0 Å². The van der Waals surface area contributed by atoms with Gasteiger partial charge in [0.05, 0.1) is 7.11 Å². The summed E-state index contributed by atoms with van der Waals surface area (Å²) in [6.07, 6.45) is 0.966. The van der Waals surface area contributed by atoms with Crippen LogP contribution in [0.4, 0.5) is 0 Å². The fourth-order valence-electron chi connectivity index (χ4n) is 1.38. The van der Waals surface area contributed by atoms with Crippen molar-refractivity contribution in [1.29, 1.82) is 0 Å². The monoisotopic (exact) mass is 251 g/mol. The van der Waals surface area contributed by atoms with E-state index in [4.69, 9.17) is 15.2 Å². The predicted molar refractivity (Wildman–Crippen MR) is 70.3 cm³/mol. The molecule has 2 N–H and O–H groups in total. The standard InChI is InChI=1S/C14H21NO3/c1-14(2,15)9-8-13(16)18-10-11-4-6-12(17-3)7-5-11/h4-7H,8-10,15H2,1-3H3. The van der Waals surface area contributed by atoms with Crippen LogP contribution in [0.25, 0.3) is 0 Å². The summed E-state index contributed by atoms with van der Waals surface area (Å²) < 4.78 is 10.2. The number of nitrogens with two attached hydrogens (primary N) is 1. The zero-order valence-corrected chi connectivity index (χ0v) is 11.2. The zero-order valence-electron chi connectivity index (χ0n) is 11.2. The molecule has 1 aromatic rings. The molecule has 1 aromatic carbocycles. The molecule has 1 rings (SSSR count). The second-order valence-corrected chi connectivity index (χ2v) is 5.00. The smallest absolute Gasteiger partial charge is 0.306 e. The van der Waals surface area contributed by atoms with Gasteiger partial charge in [-0.25, -0.2) is 0 Å². The van der Waals surface area contributed by atoms with Gasteiger partial charge in [0.25, 0.3) is 0 Å². The average Bonchev–Trinajstić information content (AvgIpc) is 2.33. The van der Waals surface area contributed by atoms with E-state index in [0.717, 1.165) is 11.3 Å². The van der Waals surface area contributed by atoms with Gasteiger partial charge in [0.15, 0.2) is 0 Å². The quantitative estimate of drug-likeness (QED) is 0.788. The summed E-state index contributed by atoms with van der Waals surface area (Å²) >= 11 is 0. The molecular formula is C14H21NO3. The van der Waals surface area contributed by atoms with Crippen molar-refractivity contribution in [3.8, 4) is 5.75 Å². The maximum Gasteiger partial charge on any atom is 0.306 e. The third-order valence-corrected chi connectivity index (χ3v) is 2.53. The number of methoxy groups -OCH3 is 1. The van der Waals surface area contributed by atoms with Crippen molar-refractivity contribution < 1.29 is 14.3 Å². The average molecular weight is 251 g/mol. The minimum absolute atomic E-state index is 0.218. The van der Waals surface area contributed by atoms with Gasteiger partial charge in [0, 0.05) is 12.0 Å². The van der Waals surface area contributed by atoms with Crippen molar-refractivity contribution in [2.75, 3.05) is 7.11 Å². The van der Waals surface area contributed by atoms with Gasteiger partial charge < -0.3 is 15.2 Å². The number of carbonyl (C=O) groups excluding carboxylic acids is 1. The maximum absolute atomic E-state index is 11.5. The molecule has 0 aliphatic rings. The molecule has 4 nitrogen and oxygen atoms in total. The molecule has 0 saturated heterocycles. The Morgan fingerprint density at radius 3 is 2.39 bits per heavy atom. The number of rotatable bonds is 6. The van der Waals surface area contributed by atoms with Crippen LogP contribution in [0.1, 0.15) is 32.3 Å². The maximum atomic E-state index is 11.5. The Bertz CT molecular complexity index is 379. The van der Waals surface area contributed by atoms with E-state index in [1.54, 1.807) is 7.11 Å². The van der Waals surface area contributed by atoms with E-state index >= 15 is 0 Å². The number of benzene rings is 1. The highest BCUT2D eigenvalue weighted by molar-refractivity contribution is 5.69. The molecular weight excluding hydrogens is 230 g/mol. The lowest BCUT2D eigenvalue weighted by molar-refractivity contribution is -0.145. The van der Waals surface area contributed by atoms with E-state index in [2.05, 4.69) is 0 Å². The minimum Gasteiger partial charge on any atom is -0.497 e. The molecule has 0 heterocycles. The lowest BCUT2D eigenvalue weighted by Crippen LogP contribution is -2.32. The highest BCUT2D eigenvalue weighted by Gasteiger charge is 2.13. The predicted octanol–water partition coefficient (Wildman–Crippen LogP) is 2.26. The van der Waals surface area contributed by atoms with Crippen LogP contribution in [0.3, 0.4) is 0 Å². The highest BCUT2D eigenvalue weighted by Crippen LogP contribution is 2.13. The van der Waals surface area contributed by atoms with E-state index < -0.39 is 0 Å². The summed E-state index contributed by atoms with van der Waals surface area (Å²) in [7, 11) is 1.61. The van der Waals surface area contributed by atoms with E-state index in [9.17, 15) is 4.79 Å². The van der Waals surface area contributed by atoms with Crippen LogP contribution in [0.5, 0.6) is 5.75 Å². The van der Waals surface area contributed by atoms with Crippen LogP contribution in [-0.4, -0.2) is 18.6 Å². The SMILES string of the molecule is COc1ccc(COC(=O)CCC(C)(C)N)cc1. The van der Waals surface area contributed by atoms with Crippen LogP contribution in [-0.2, 0) is 16.1 Å². The summed E-state index contributed by atoms with van der Waals surface area (Å²) in [5, 5.41) is 0. The molecule has 0 aromatic heterocycles. The van der Waals surface area contributed by atoms with Crippen molar-refractivity contribution in [3.63, 3.8) is 0 Å². The first-order valence-corrected chi connectivity index (χ1v) is 5.98. The van der Waals surface area contributed by atoms with Crippen LogP contribution >= 0.6 is 0 Å². The van der Waals surface area contributed by atoms with Gasteiger partial charge in [-0.3, -0.25) is 4.79 Å². The highest BCUT2D eigenvalue weighted by atomic mass is 16.5. The molecule has 0 aliphatic heterocycles. The Kier molecular flexibility index (Phi) is 5.16. The summed E-state index contributed by atoms with van der Waals surface area (Å²) in [5.74, 6) is 0.569. The van der Waals surface area contributed by atoms with Crippen molar-refractivity contribution in [2.45, 2.75) is 38.8 Å². The second kappa shape index (κ2) is 6.40. The Morgan fingerprint density at radius 1 is 1.28 bits per heavy atom. The first-order valence-electron chi connectivity index (χ1n) is 5.98. The van der Waals surface area contributed by atoms with Gasteiger partial charge in [-0.15, -0.1) is 0 Å². The Hall–Kier alpha value is -1.55. The molecule has 18 heavy (non-hydrogen) atoms. The van der Waals surface area contributed by atoms with Crippen molar-refractivity contribution >= 4 is 5.97 Å². The molecule has 0 amide bonds. The van der Waals surface area contributed by atoms with Gasteiger partial charge in [0.2, 0.25) is 0 Å². The second-order valence-electron chi connectivity index (χ2n) is 5.00. The van der Waals surface area contributed by atoms with Crippen LogP contribution in [0.2, 0.25) is 0 Å². The van der Waals surface area contributed by atoms with Crippen LogP contribution < -0.4 is 10.5 Å². The third kappa shape index (κ3) is 5.68. The number of esters is 1. The number of hydrogen-bond donors (Lipinski definition) is 1. The lowest BCUT2D eigenvalue weighted by atomic mass is 10.0.